The molecule has 0 amide bonds. The molecule has 1 aromatic rings. The van der Waals surface area contributed by atoms with E-state index in [9.17, 15) is 0 Å². The number of nitrogens with zero attached hydrogens (tertiary/aromatic N) is 1. The van der Waals surface area contributed by atoms with Crippen LogP contribution in [0.5, 0.6) is 0 Å². The van der Waals surface area contributed by atoms with Crippen molar-refractivity contribution in [2.24, 2.45) is 0 Å². The molecule has 2 heteroatoms. The fourth-order valence-corrected chi connectivity index (χ4v) is 1.20. The summed E-state index contributed by atoms with van der Waals surface area (Å²) in [6.45, 7) is 2.96. The number of benzene rings is 1. The molecule has 2 radical (unpaired) electrons. The fourth-order valence-electron chi connectivity index (χ4n) is 1.20. The third kappa shape index (κ3) is 2.38. The molecule has 0 atom stereocenters. The monoisotopic (exact) mass is 159 g/mol. The van der Waals surface area contributed by atoms with Gasteiger partial charge < -0.3 is 4.90 Å². The van der Waals surface area contributed by atoms with Crippen LogP contribution >= 0.6 is 0 Å². The SMILES string of the molecule is [B]c1cc(C)ccc1CN(C)C. The maximum absolute atomic E-state index is 5.84. The second-order valence-electron chi connectivity index (χ2n) is 3.44. The van der Waals surface area contributed by atoms with Gasteiger partial charge in [0.05, 0.1) is 0 Å². The first-order chi connectivity index (χ1) is 5.59. The molecular formula is C10H14BN. The van der Waals surface area contributed by atoms with Gasteiger partial charge in [0.2, 0.25) is 0 Å². The van der Waals surface area contributed by atoms with Crippen LogP contribution in [0.3, 0.4) is 0 Å². The van der Waals surface area contributed by atoms with Crippen molar-refractivity contribution in [3.63, 3.8) is 0 Å². The summed E-state index contributed by atoms with van der Waals surface area (Å²) >= 11 is 0. The summed E-state index contributed by atoms with van der Waals surface area (Å²) in [5, 5.41) is 0. The zero-order valence-electron chi connectivity index (χ0n) is 7.96. The van der Waals surface area contributed by atoms with E-state index >= 15 is 0 Å². The molecule has 0 saturated carbocycles. The molecule has 0 unspecified atom stereocenters. The summed E-state index contributed by atoms with van der Waals surface area (Å²) in [6.07, 6.45) is 0. The first-order valence-corrected chi connectivity index (χ1v) is 4.09. The lowest BCUT2D eigenvalue weighted by atomic mass is 9.89. The summed E-state index contributed by atoms with van der Waals surface area (Å²) in [7, 11) is 9.92. The number of hydrogen-bond acceptors (Lipinski definition) is 1. The van der Waals surface area contributed by atoms with Gasteiger partial charge in [-0.15, -0.1) is 0 Å². The lowest BCUT2D eigenvalue weighted by molar-refractivity contribution is 0.403. The molecule has 0 bridgehead atoms. The van der Waals surface area contributed by atoms with E-state index in [1.54, 1.807) is 0 Å². The molecule has 0 fully saturated rings. The van der Waals surface area contributed by atoms with Crippen molar-refractivity contribution in [1.82, 2.24) is 4.90 Å². The second kappa shape index (κ2) is 3.77. The quantitative estimate of drug-likeness (QED) is 0.578. The predicted molar refractivity (Wildman–Crippen MR) is 54.0 cm³/mol. The molecule has 0 N–H and O–H groups in total. The van der Waals surface area contributed by atoms with Gasteiger partial charge in [0, 0.05) is 6.54 Å². The van der Waals surface area contributed by atoms with Crippen molar-refractivity contribution in [2.75, 3.05) is 14.1 Å². The summed E-state index contributed by atoms with van der Waals surface area (Å²) in [5.74, 6) is 0. The normalized spacial score (nSPS) is 10.7. The molecule has 12 heavy (non-hydrogen) atoms. The average molecular weight is 159 g/mol. The van der Waals surface area contributed by atoms with E-state index in [0.717, 1.165) is 12.0 Å². The summed E-state index contributed by atoms with van der Waals surface area (Å²) in [6, 6.07) is 6.19. The van der Waals surface area contributed by atoms with E-state index in [1.807, 2.05) is 20.2 Å². The molecule has 0 saturated heterocycles. The highest BCUT2D eigenvalue weighted by Crippen LogP contribution is 2.01. The van der Waals surface area contributed by atoms with E-state index in [2.05, 4.69) is 24.0 Å². The first kappa shape index (κ1) is 9.33. The van der Waals surface area contributed by atoms with Crippen LogP contribution < -0.4 is 5.46 Å². The summed E-state index contributed by atoms with van der Waals surface area (Å²) < 4.78 is 0. The molecular weight excluding hydrogens is 145 g/mol. The van der Waals surface area contributed by atoms with Crippen molar-refractivity contribution in [3.8, 4) is 0 Å². The largest absolute Gasteiger partial charge is 0.305 e. The van der Waals surface area contributed by atoms with Gasteiger partial charge in [0.25, 0.3) is 0 Å². The molecule has 0 heterocycles. The Bertz CT molecular complexity index is 269. The van der Waals surface area contributed by atoms with Gasteiger partial charge in [0.1, 0.15) is 7.85 Å². The van der Waals surface area contributed by atoms with Crippen molar-refractivity contribution < 1.29 is 0 Å². The van der Waals surface area contributed by atoms with E-state index in [-0.39, 0.29) is 0 Å². The van der Waals surface area contributed by atoms with Gasteiger partial charge in [-0.25, -0.2) is 0 Å². The Balaban J connectivity index is 2.86. The van der Waals surface area contributed by atoms with Crippen molar-refractivity contribution in [1.29, 1.82) is 0 Å². The van der Waals surface area contributed by atoms with E-state index in [4.69, 9.17) is 7.85 Å². The van der Waals surface area contributed by atoms with Crippen LogP contribution in [0, 0.1) is 6.92 Å². The highest BCUT2D eigenvalue weighted by molar-refractivity contribution is 6.33. The van der Waals surface area contributed by atoms with Crippen LogP contribution in [0.15, 0.2) is 18.2 Å². The Labute approximate surface area is 75.8 Å². The maximum atomic E-state index is 5.84. The Morgan fingerprint density at radius 1 is 1.33 bits per heavy atom. The molecule has 0 aliphatic heterocycles. The molecule has 0 aliphatic rings. The van der Waals surface area contributed by atoms with Gasteiger partial charge in [-0.05, 0) is 26.6 Å². The first-order valence-electron chi connectivity index (χ1n) is 4.09. The van der Waals surface area contributed by atoms with E-state index < -0.39 is 0 Å². The zero-order valence-corrected chi connectivity index (χ0v) is 7.96. The van der Waals surface area contributed by atoms with Crippen LogP contribution in [0.2, 0.25) is 0 Å². The van der Waals surface area contributed by atoms with Crippen LogP contribution in [0.1, 0.15) is 11.1 Å². The van der Waals surface area contributed by atoms with E-state index in [0.29, 0.717) is 0 Å². The molecule has 0 aliphatic carbocycles. The topological polar surface area (TPSA) is 3.24 Å². The smallest absolute Gasteiger partial charge is 0.114 e. The number of aryl methyl sites for hydroxylation is 1. The fraction of sp³-hybridized carbons (Fsp3) is 0.400. The Morgan fingerprint density at radius 3 is 2.50 bits per heavy atom. The molecule has 1 aromatic carbocycles. The molecule has 1 rings (SSSR count). The van der Waals surface area contributed by atoms with Crippen LogP contribution in [0.25, 0.3) is 0 Å². The van der Waals surface area contributed by atoms with E-state index in [1.165, 1.54) is 11.1 Å². The lowest BCUT2D eigenvalue weighted by Crippen LogP contribution is -2.18. The zero-order chi connectivity index (χ0) is 9.14. The minimum Gasteiger partial charge on any atom is -0.305 e. The second-order valence-corrected chi connectivity index (χ2v) is 3.44. The van der Waals surface area contributed by atoms with Crippen LogP contribution in [-0.4, -0.2) is 26.8 Å². The van der Waals surface area contributed by atoms with Crippen molar-refractivity contribution in [2.45, 2.75) is 13.5 Å². The molecule has 62 valence electrons. The van der Waals surface area contributed by atoms with Crippen LogP contribution in [0.4, 0.5) is 0 Å². The Kier molecular flexibility index (Phi) is 2.93. The van der Waals surface area contributed by atoms with Gasteiger partial charge in [-0.3, -0.25) is 0 Å². The number of rotatable bonds is 2. The molecule has 0 aromatic heterocycles. The van der Waals surface area contributed by atoms with Gasteiger partial charge in [-0.2, -0.15) is 0 Å². The summed E-state index contributed by atoms with van der Waals surface area (Å²) in [5.41, 5.74) is 3.31. The van der Waals surface area contributed by atoms with Crippen molar-refractivity contribution in [3.05, 3.63) is 29.3 Å². The average Bonchev–Trinajstić information content (AvgIpc) is 1.94. The summed E-state index contributed by atoms with van der Waals surface area (Å²) in [4.78, 5) is 2.11. The predicted octanol–water partition coefficient (Wildman–Crippen LogP) is 0.850. The van der Waals surface area contributed by atoms with Gasteiger partial charge >= 0.3 is 0 Å². The van der Waals surface area contributed by atoms with Crippen LogP contribution in [-0.2, 0) is 6.54 Å². The Morgan fingerprint density at radius 2 is 2.00 bits per heavy atom. The highest BCUT2D eigenvalue weighted by atomic mass is 15.0. The lowest BCUT2D eigenvalue weighted by Gasteiger charge is -2.12. The minimum atomic E-state index is 0.892. The standard InChI is InChI=1S/C10H14BN/c1-8-4-5-9(7-12(2)3)10(11)6-8/h4-6H,7H2,1-3H3. The highest BCUT2D eigenvalue weighted by Gasteiger charge is 1.98. The molecule has 0 spiro atoms. The maximum Gasteiger partial charge on any atom is 0.114 e. The molecule has 1 nitrogen and oxygen atoms in total. The third-order valence-corrected chi connectivity index (χ3v) is 1.79. The number of hydrogen-bond donors (Lipinski definition) is 0. The minimum absolute atomic E-state index is 0.892. The van der Waals surface area contributed by atoms with Gasteiger partial charge in [0.15, 0.2) is 0 Å². The third-order valence-electron chi connectivity index (χ3n) is 1.79. The van der Waals surface area contributed by atoms with Gasteiger partial charge in [-0.1, -0.05) is 29.2 Å². The van der Waals surface area contributed by atoms with Crippen molar-refractivity contribution >= 4 is 13.3 Å². The Hall–Kier alpha value is -0.755.